The van der Waals surface area contributed by atoms with Crippen LogP contribution < -0.4 is 9.64 Å². The van der Waals surface area contributed by atoms with Crippen LogP contribution in [-0.2, 0) is 16.1 Å². The number of carbonyl (C=O) groups is 1. The third-order valence-corrected chi connectivity index (χ3v) is 4.36. The molecule has 4 rings (SSSR count). The predicted molar refractivity (Wildman–Crippen MR) is 88.3 cm³/mol. The minimum atomic E-state index is -0.558. The van der Waals surface area contributed by atoms with Crippen LogP contribution in [0.5, 0.6) is 5.75 Å². The van der Waals surface area contributed by atoms with Gasteiger partial charge in [0, 0.05) is 13.1 Å². The molecule has 1 fully saturated rings. The average Bonchev–Trinajstić information content (AvgIpc) is 3.06. The van der Waals surface area contributed by atoms with Crippen molar-refractivity contribution in [3.63, 3.8) is 0 Å². The summed E-state index contributed by atoms with van der Waals surface area (Å²) >= 11 is 0. The van der Waals surface area contributed by atoms with Crippen LogP contribution in [0.15, 0.2) is 28.8 Å². The van der Waals surface area contributed by atoms with E-state index in [4.69, 9.17) is 14.0 Å². The molecule has 1 aromatic heterocycles. The standard InChI is InChI=1S/C17H20N4O4/c1-12-18-16(25-19-12)11-21-10-15(17(22)20-6-8-23-9-7-20)24-14-5-3-2-4-13(14)21/h2-5,15H,6-11H2,1H3. The number of rotatable bonds is 3. The first-order valence-corrected chi connectivity index (χ1v) is 8.37. The molecule has 1 atom stereocenters. The lowest BCUT2D eigenvalue weighted by Gasteiger charge is -2.37. The second-order valence-corrected chi connectivity index (χ2v) is 6.13. The molecule has 1 aromatic carbocycles. The molecule has 0 saturated carbocycles. The molecular formula is C17H20N4O4. The van der Waals surface area contributed by atoms with Gasteiger partial charge in [-0.2, -0.15) is 4.98 Å². The minimum absolute atomic E-state index is 0.00971. The lowest BCUT2D eigenvalue weighted by molar-refractivity contribution is -0.142. The van der Waals surface area contributed by atoms with E-state index in [1.807, 2.05) is 24.3 Å². The van der Waals surface area contributed by atoms with Crippen molar-refractivity contribution in [3.05, 3.63) is 36.0 Å². The van der Waals surface area contributed by atoms with Crippen molar-refractivity contribution in [1.82, 2.24) is 15.0 Å². The fourth-order valence-corrected chi connectivity index (χ4v) is 3.14. The fraction of sp³-hybridized carbons (Fsp3) is 0.471. The molecule has 0 spiro atoms. The maximum Gasteiger partial charge on any atom is 0.265 e. The largest absolute Gasteiger partial charge is 0.477 e. The van der Waals surface area contributed by atoms with E-state index in [0.29, 0.717) is 56.9 Å². The lowest BCUT2D eigenvalue weighted by Crippen LogP contribution is -2.52. The van der Waals surface area contributed by atoms with E-state index in [1.165, 1.54) is 0 Å². The summed E-state index contributed by atoms with van der Waals surface area (Å²) in [6, 6.07) is 7.68. The van der Waals surface area contributed by atoms with Gasteiger partial charge in [-0.05, 0) is 19.1 Å². The van der Waals surface area contributed by atoms with Gasteiger partial charge in [0.25, 0.3) is 5.91 Å². The monoisotopic (exact) mass is 344 g/mol. The number of morpholine rings is 1. The highest BCUT2D eigenvalue weighted by Crippen LogP contribution is 2.34. The highest BCUT2D eigenvalue weighted by molar-refractivity contribution is 5.83. The molecule has 132 valence electrons. The molecule has 1 unspecified atom stereocenters. The third kappa shape index (κ3) is 3.30. The molecule has 0 bridgehead atoms. The lowest BCUT2D eigenvalue weighted by atomic mass is 10.1. The molecule has 2 aliphatic rings. The third-order valence-electron chi connectivity index (χ3n) is 4.36. The van der Waals surface area contributed by atoms with E-state index in [9.17, 15) is 4.79 Å². The number of anilines is 1. The van der Waals surface area contributed by atoms with Gasteiger partial charge >= 0.3 is 0 Å². The predicted octanol–water partition coefficient (Wildman–Crippen LogP) is 1.00. The second kappa shape index (κ2) is 6.72. The SMILES string of the molecule is Cc1noc(CN2CC(C(=O)N3CCOCC3)Oc3ccccc32)n1. The van der Waals surface area contributed by atoms with Gasteiger partial charge in [0.05, 0.1) is 32.0 Å². The van der Waals surface area contributed by atoms with Gasteiger partial charge in [-0.15, -0.1) is 0 Å². The number of ether oxygens (including phenoxy) is 2. The number of aromatic nitrogens is 2. The highest BCUT2D eigenvalue weighted by atomic mass is 16.5. The Bertz CT molecular complexity index is 757. The summed E-state index contributed by atoms with van der Waals surface area (Å²) in [5.41, 5.74) is 0.921. The normalized spacial score (nSPS) is 20.1. The fourth-order valence-electron chi connectivity index (χ4n) is 3.14. The summed E-state index contributed by atoms with van der Waals surface area (Å²) in [5, 5.41) is 3.83. The maximum absolute atomic E-state index is 12.8. The summed E-state index contributed by atoms with van der Waals surface area (Å²) in [6.45, 7) is 5.00. The topological polar surface area (TPSA) is 80.9 Å². The first-order valence-electron chi connectivity index (χ1n) is 8.37. The zero-order chi connectivity index (χ0) is 17.2. The molecule has 8 nitrogen and oxygen atoms in total. The summed E-state index contributed by atoms with van der Waals surface area (Å²) in [5.74, 6) is 1.80. The molecule has 25 heavy (non-hydrogen) atoms. The Balaban J connectivity index is 1.56. The molecule has 3 heterocycles. The summed E-state index contributed by atoms with van der Waals surface area (Å²) in [4.78, 5) is 21.0. The Morgan fingerprint density at radius 3 is 2.84 bits per heavy atom. The van der Waals surface area contributed by atoms with Gasteiger partial charge in [-0.1, -0.05) is 17.3 Å². The quantitative estimate of drug-likeness (QED) is 0.822. The Kier molecular flexibility index (Phi) is 4.27. The van der Waals surface area contributed by atoms with Crippen LogP contribution in [0.3, 0.4) is 0 Å². The van der Waals surface area contributed by atoms with Crippen molar-refractivity contribution in [1.29, 1.82) is 0 Å². The van der Waals surface area contributed by atoms with Crippen molar-refractivity contribution >= 4 is 11.6 Å². The number of aryl methyl sites for hydroxylation is 1. The first-order chi connectivity index (χ1) is 12.2. The van der Waals surface area contributed by atoms with Gasteiger partial charge in [-0.3, -0.25) is 4.79 Å². The van der Waals surface area contributed by atoms with Gasteiger partial charge in [0.2, 0.25) is 5.89 Å². The van der Waals surface area contributed by atoms with Crippen molar-refractivity contribution in [2.75, 3.05) is 37.7 Å². The summed E-state index contributed by atoms with van der Waals surface area (Å²) < 4.78 is 16.5. The molecule has 8 heteroatoms. The minimum Gasteiger partial charge on any atom is -0.477 e. The van der Waals surface area contributed by atoms with Crippen molar-refractivity contribution in [2.24, 2.45) is 0 Å². The van der Waals surface area contributed by atoms with Crippen LogP contribution in [0, 0.1) is 6.92 Å². The number of nitrogens with zero attached hydrogens (tertiary/aromatic N) is 4. The molecular weight excluding hydrogens is 324 g/mol. The number of amides is 1. The number of benzene rings is 1. The second-order valence-electron chi connectivity index (χ2n) is 6.13. The van der Waals surface area contributed by atoms with E-state index in [-0.39, 0.29) is 5.91 Å². The first kappa shape index (κ1) is 15.9. The van der Waals surface area contributed by atoms with E-state index in [0.717, 1.165) is 5.69 Å². The van der Waals surface area contributed by atoms with Crippen LogP contribution in [0.2, 0.25) is 0 Å². The number of fused-ring (bicyclic) bond motifs is 1. The Morgan fingerprint density at radius 2 is 2.08 bits per heavy atom. The number of carbonyl (C=O) groups excluding carboxylic acids is 1. The van der Waals surface area contributed by atoms with E-state index < -0.39 is 6.10 Å². The Labute approximate surface area is 145 Å². The van der Waals surface area contributed by atoms with E-state index in [1.54, 1.807) is 11.8 Å². The van der Waals surface area contributed by atoms with Gasteiger partial charge in [0.15, 0.2) is 11.9 Å². The Morgan fingerprint density at radius 1 is 1.28 bits per heavy atom. The van der Waals surface area contributed by atoms with Crippen molar-refractivity contribution in [2.45, 2.75) is 19.6 Å². The average molecular weight is 344 g/mol. The molecule has 2 aromatic rings. The molecule has 0 N–H and O–H groups in total. The molecule has 0 radical (unpaired) electrons. The number of hydrogen-bond donors (Lipinski definition) is 0. The zero-order valence-electron chi connectivity index (χ0n) is 14.1. The summed E-state index contributed by atoms with van der Waals surface area (Å²) in [6.07, 6.45) is -0.558. The van der Waals surface area contributed by atoms with Gasteiger partial charge in [0.1, 0.15) is 5.75 Å². The summed E-state index contributed by atoms with van der Waals surface area (Å²) in [7, 11) is 0. The van der Waals surface area contributed by atoms with E-state index >= 15 is 0 Å². The zero-order valence-corrected chi connectivity index (χ0v) is 14.1. The maximum atomic E-state index is 12.8. The number of hydrogen-bond acceptors (Lipinski definition) is 7. The van der Waals surface area contributed by atoms with Crippen LogP contribution in [0.25, 0.3) is 0 Å². The molecule has 1 saturated heterocycles. The highest BCUT2D eigenvalue weighted by Gasteiger charge is 2.34. The van der Waals surface area contributed by atoms with Crippen LogP contribution >= 0.6 is 0 Å². The van der Waals surface area contributed by atoms with Gasteiger partial charge in [-0.25, -0.2) is 0 Å². The van der Waals surface area contributed by atoms with E-state index in [2.05, 4.69) is 15.0 Å². The van der Waals surface area contributed by atoms with Gasteiger partial charge < -0.3 is 23.8 Å². The van der Waals surface area contributed by atoms with Crippen LogP contribution in [0.4, 0.5) is 5.69 Å². The molecule has 1 amide bonds. The van der Waals surface area contributed by atoms with Crippen LogP contribution in [-0.4, -0.2) is 59.9 Å². The van der Waals surface area contributed by atoms with Crippen molar-refractivity contribution in [3.8, 4) is 5.75 Å². The molecule has 2 aliphatic heterocycles. The Hall–Kier alpha value is -2.61. The van der Waals surface area contributed by atoms with Crippen molar-refractivity contribution < 1.29 is 18.8 Å². The smallest absolute Gasteiger partial charge is 0.265 e. The van der Waals surface area contributed by atoms with Crippen LogP contribution in [0.1, 0.15) is 11.7 Å². The molecule has 0 aliphatic carbocycles. The number of para-hydroxylation sites is 2.